The third-order valence-electron chi connectivity index (χ3n) is 3.74. The lowest BCUT2D eigenvalue weighted by Gasteiger charge is -2.29. The van der Waals surface area contributed by atoms with Gasteiger partial charge in [0.05, 0.1) is 18.0 Å². The molecule has 0 saturated carbocycles. The van der Waals surface area contributed by atoms with Gasteiger partial charge in [0.25, 0.3) is 5.91 Å². The predicted molar refractivity (Wildman–Crippen MR) is 80.4 cm³/mol. The molecule has 2 aromatic rings. The van der Waals surface area contributed by atoms with Crippen LogP contribution in [-0.2, 0) is 10.2 Å². The van der Waals surface area contributed by atoms with Crippen LogP contribution in [0.15, 0.2) is 48.8 Å². The van der Waals surface area contributed by atoms with Gasteiger partial charge >= 0.3 is 5.97 Å². The summed E-state index contributed by atoms with van der Waals surface area (Å²) in [4.78, 5) is 23.9. The van der Waals surface area contributed by atoms with Gasteiger partial charge in [-0.2, -0.15) is 10.2 Å². The van der Waals surface area contributed by atoms with Crippen LogP contribution in [0.3, 0.4) is 0 Å². The van der Waals surface area contributed by atoms with Crippen molar-refractivity contribution in [2.24, 2.45) is 0 Å². The number of carbonyl (C=O) groups is 2. The van der Waals surface area contributed by atoms with Gasteiger partial charge in [0.1, 0.15) is 5.41 Å². The van der Waals surface area contributed by atoms with Gasteiger partial charge in [-0.3, -0.25) is 9.59 Å². The van der Waals surface area contributed by atoms with E-state index in [9.17, 15) is 14.7 Å². The van der Waals surface area contributed by atoms with Gasteiger partial charge in [0, 0.05) is 6.54 Å². The predicted octanol–water partition coefficient (Wildman–Crippen LogP) is 1.64. The van der Waals surface area contributed by atoms with Crippen LogP contribution in [0, 0.1) is 0 Å². The number of benzene rings is 1. The lowest BCUT2D eigenvalue weighted by Crippen LogP contribution is -2.46. The fourth-order valence-corrected chi connectivity index (χ4v) is 2.30. The SMILES string of the molecule is CCC(CNC(=O)c1ccnnc1)(C(=O)O)c1ccccc1. The van der Waals surface area contributed by atoms with E-state index in [1.165, 1.54) is 18.5 Å². The molecule has 0 radical (unpaired) electrons. The molecule has 0 saturated heterocycles. The number of amides is 1. The van der Waals surface area contributed by atoms with Gasteiger partial charge in [-0.15, -0.1) is 0 Å². The van der Waals surface area contributed by atoms with Gasteiger partial charge in [-0.1, -0.05) is 37.3 Å². The van der Waals surface area contributed by atoms with E-state index in [0.717, 1.165) is 0 Å². The van der Waals surface area contributed by atoms with Crippen LogP contribution < -0.4 is 5.32 Å². The highest BCUT2D eigenvalue weighted by Crippen LogP contribution is 2.27. The molecule has 1 aromatic carbocycles. The summed E-state index contributed by atoms with van der Waals surface area (Å²) < 4.78 is 0. The number of aliphatic carboxylic acids is 1. The molecule has 1 amide bonds. The van der Waals surface area contributed by atoms with E-state index in [-0.39, 0.29) is 12.5 Å². The Labute approximate surface area is 128 Å². The molecular weight excluding hydrogens is 282 g/mol. The van der Waals surface area contributed by atoms with Crippen molar-refractivity contribution in [3.05, 3.63) is 59.9 Å². The smallest absolute Gasteiger partial charge is 0.315 e. The topological polar surface area (TPSA) is 92.2 Å². The number of carbonyl (C=O) groups excluding carboxylic acids is 1. The molecule has 0 aliphatic carbocycles. The highest BCUT2D eigenvalue weighted by Gasteiger charge is 2.39. The summed E-state index contributed by atoms with van der Waals surface area (Å²) in [6.07, 6.45) is 3.11. The summed E-state index contributed by atoms with van der Waals surface area (Å²) in [6, 6.07) is 10.5. The Hall–Kier alpha value is -2.76. The average Bonchev–Trinajstić information content (AvgIpc) is 2.57. The molecule has 1 aromatic heterocycles. The molecule has 6 heteroatoms. The van der Waals surface area contributed by atoms with E-state index >= 15 is 0 Å². The first-order chi connectivity index (χ1) is 10.6. The van der Waals surface area contributed by atoms with E-state index in [4.69, 9.17) is 0 Å². The molecule has 22 heavy (non-hydrogen) atoms. The van der Waals surface area contributed by atoms with Crippen LogP contribution >= 0.6 is 0 Å². The molecule has 0 aliphatic heterocycles. The molecular formula is C16H17N3O3. The van der Waals surface area contributed by atoms with Gasteiger partial charge in [-0.25, -0.2) is 0 Å². The van der Waals surface area contributed by atoms with E-state index < -0.39 is 11.4 Å². The third kappa shape index (κ3) is 3.11. The van der Waals surface area contributed by atoms with Crippen molar-refractivity contribution in [3.63, 3.8) is 0 Å². The minimum Gasteiger partial charge on any atom is -0.481 e. The Kier molecular flexibility index (Phi) is 4.83. The molecule has 114 valence electrons. The maximum absolute atomic E-state index is 12.1. The lowest BCUT2D eigenvalue weighted by molar-refractivity contribution is -0.143. The van der Waals surface area contributed by atoms with E-state index in [2.05, 4.69) is 15.5 Å². The monoisotopic (exact) mass is 299 g/mol. The molecule has 2 rings (SSSR count). The fraction of sp³-hybridized carbons (Fsp3) is 0.250. The molecule has 2 N–H and O–H groups in total. The second kappa shape index (κ2) is 6.80. The van der Waals surface area contributed by atoms with Crippen molar-refractivity contribution in [2.45, 2.75) is 18.8 Å². The Balaban J connectivity index is 2.22. The second-order valence-electron chi connectivity index (χ2n) is 4.92. The molecule has 0 fully saturated rings. The number of hydrogen-bond donors (Lipinski definition) is 2. The first kappa shape index (κ1) is 15.6. The normalized spacial score (nSPS) is 13.1. The van der Waals surface area contributed by atoms with Crippen LogP contribution in [0.2, 0.25) is 0 Å². The van der Waals surface area contributed by atoms with Crippen LogP contribution in [0.1, 0.15) is 29.3 Å². The molecule has 0 bridgehead atoms. The van der Waals surface area contributed by atoms with Crippen molar-refractivity contribution >= 4 is 11.9 Å². The second-order valence-corrected chi connectivity index (χ2v) is 4.92. The molecule has 6 nitrogen and oxygen atoms in total. The maximum atomic E-state index is 12.1. The first-order valence-electron chi connectivity index (χ1n) is 6.94. The summed E-state index contributed by atoms with van der Waals surface area (Å²) >= 11 is 0. The summed E-state index contributed by atoms with van der Waals surface area (Å²) in [5, 5.41) is 19.6. The van der Waals surface area contributed by atoms with Crippen LogP contribution in [0.5, 0.6) is 0 Å². The van der Waals surface area contributed by atoms with E-state index in [1.54, 1.807) is 31.2 Å². The largest absolute Gasteiger partial charge is 0.481 e. The number of nitrogens with one attached hydrogen (secondary N) is 1. The molecule has 1 atom stereocenters. The van der Waals surface area contributed by atoms with Crippen LogP contribution in [-0.4, -0.2) is 33.7 Å². The molecule has 1 heterocycles. The van der Waals surface area contributed by atoms with Gasteiger partial charge in [-0.05, 0) is 18.1 Å². The fourth-order valence-electron chi connectivity index (χ4n) is 2.30. The number of aromatic nitrogens is 2. The first-order valence-corrected chi connectivity index (χ1v) is 6.94. The summed E-state index contributed by atoms with van der Waals surface area (Å²) in [5.41, 5.74) is -0.145. The number of nitrogens with zero attached hydrogens (tertiary/aromatic N) is 2. The van der Waals surface area contributed by atoms with Crippen LogP contribution in [0.25, 0.3) is 0 Å². The van der Waals surface area contributed by atoms with E-state index in [0.29, 0.717) is 17.5 Å². The lowest BCUT2D eigenvalue weighted by atomic mass is 9.78. The quantitative estimate of drug-likeness (QED) is 0.846. The van der Waals surface area contributed by atoms with Gasteiger partial charge in [0.2, 0.25) is 0 Å². The highest BCUT2D eigenvalue weighted by atomic mass is 16.4. The van der Waals surface area contributed by atoms with Gasteiger partial charge in [0.15, 0.2) is 0 Å². The Morgan fingerprint density at radius 3 is 2.45 bits per heavy atom. The number of hydrogen-bond acceptors (Lipinski definition) is 4. The standard InChI is InChI=1S/C16H17N3O3/c1-2-16(15(21)22,13-6-4-3-5-7-13)11-17-14(20)12-8-9-18-19-10-12/h3-10H,2,11H2,1H3,(H,17,20)(H,21,22). The minimum atomic E-state index is -1.16. The maximum Gasteiger partial charge on any atom is 0.315 e. The van der Waals surface area contributed by atoms with Crippen molar-refractivity contribution < 1.29 is 14.7 Å². The number of rotatable bonds is 6. The van der Waals surface area contributed by atoms with Gasteiger partial charge < -0.3 is 10.4 Å². The summed E-state index contributed by atoms with van der Waals surface area (Å²) in [6.45, 7) is 1.80. The van der Waals surface area contributed by atoms with Crippen molar-refractivity contribution in [1.82, 2.24) is 15.5 Å². The summed E-state index contributed by atoms with van der Waals surface area (Å²) in [7, 11) is 0. The minimum absolute atomic E-state index is 0.00397. The third-order valence-corrected chi connectivity index (χ3v) is 3.74. The molecule has 1 unspecified atom stereocenters. The van der Waals surface area contributed by atoms with Crippen molar-refractivity contribution in [2.75, 3.05) is 6.54 Å². The Morgan fingerprint density at radius 2 is 1.91 bits per heavy atom. The molecule has 0 spiro atoms. The zero-order valence-corrected chi connectivity index (χ0v) is 12.2. The highest BCUT2D eigenvalue weighted by molar-refractivity contribution is 5.94. The van der Waals surface area contributed by atoms with Crippen molar-refractivity contribution in [3.8, 4) is 0 Å². The van der Waals surface area contributed by atoms with Crippen molar-refractivity contribution in [1.29, 1.82) is 0 Å². The zero-order chi connectivity index (χ0) is 16.0. The molecule has 0 aliphatic rings. The van der Waals surface area contributed by atoms with Crippen LogP contribution in [0.4, 0.5) is 0 Å². The Bertz CT molecular complexity index is 646. The number of carboxylic acids is 1. The average molecular weight is 299 g/mol. The van der Waals surface area contributed by atoms with E-state index in [1.807, 2.05) is 6.07 Å². The zero-order valence-electron chi connectivity index (χ0n) is 12.2. The number of carboxylic acid groups (broad SMARTS) is 1. The summed E-state index contributed by atoms with van der Waals surface area (Å²) in [5.74, 6) is -1.33. The Morgan fingerprint density at radius 1 is 1.18 bits per heavy atom.